The monoisotopic (exact) mass is 1270 g/mol. The van der Waals surface area contributed by atoms with Gasteiger partial charge in [-0.05, 0) is 55.0 Å². The number of benzene rings is 2. The summed E-state index contributed by atoms with van der Waals surface area (Å²) >= 11 is 1.33. The third-order valence-electron chi connectivity index (χ3n) is 13.4. The van der Waals surface area contributed by atoms with E-state index >= 15 is 4.39 Å². The molecule has 496 valence electrons. The highest BCUT2D eigenvalue weighted by Crippen LogP contribution is 2.40. The molecule has 0 saturated heterocycles. The number of carbonyl (C=O) groups is 7. The van der Waals surface area contributed by atoms with Crippen LogP contribution in [0.4, 0.5) is 8.78 Å². The molecule has 4 rings (SSSR count). The number of halogens is 2. The van der Waals surface area contributed by atoms with Crippen LogP contribution in [0.1, 0.15) is 78.2 Å². The first-order valence-corrected chi connectivity index (χ1v) is 31.4. The summed E-state index contributed by atoms with van der Waals surface area (Å²) in [6.45, 7) is 18.3. The van der Waals surface area contributed by atoms with Crippen LogP contribution in [0.2, 0.25) is 0 Å². The molecular weight excluding hydrogens is 1180 g/mol. The number of ether oxygens (including phenoxy) is 8. The van der Waals surface area contributed by atoms with Gasteiger partial charge in [0.05, 0.1) is 123 Å². The molecular formula is C62H93F2N9O15S. The van der Waals surface area contributed by atoms with Crippen LogP contribution < -0.4 is 27.0 Å². The maximum absolute atomic E-state index is 15.2. The Bertz CT molecular complexity index is 2630. The molecule has 1 aliphatic rings. The minimum absolute atomic E-state index is 0.00739. The van der Waals surface area contributed by atoms with Crippen molar-refractivity contribution in [1.29, 1.82) is 0 Å². The van der Waals surface area contributed by atoms with Crippen molar-refractivity contribution in [2.24, 2.45) is 17.1 Å². The van der Waals surface area contributed by atoms with Gasteiger partial charge in [0.25, 0.3) is 11.8 Å². The van der Waals surface area contributed by atoms with Crippen LogP contribution in [0, 0.1) is 23.0 Å². The van der Waals surface area contributed by atoms with Crippen molar-refractivity contribution in [3.05, 3.63) is 89.9 Å². The fraction of sp³-hybridized carbons (Fsp3) is 0.613. The van der Waals surface area contributed by atoms with Crippen LogP contribution in [0.5, 0.6) is 0 Å². The van der Waals surface area contributed by atoms with E-state index in [2.05, 4.69) is 21.3 Å². The van der Waals surface area contributed by atoms with Crippen molar-refractivity contribution in [1.82, 2.24) is 40.6 Å². The number of carbonyl (C=O) groups excluding carboxylic acids is 7. The van der Waals surface area contributed by atoms with Crippen LogP contribution in [0.25, 0.3) is 11.3 Å². The van der Waals surface area contributed by atoms with Gasteiger partial charge in [-0.1, -0.05) is 65.0 Å². The van der Waals surface area contributed by atoms with Gasteiger partial charge in [-0.2, -0.15) is 11.8 Å². The maximum Gasteiger partial charge on any atom is 0.253 e. The summed E-state index contributed by atoms with van der Waals surface area (Å²) in [6.07, 6.45) is 4.60. The highest BCUT2D eigenvalue weighted by Gasteiger charge is 2.38. The van der Waals surface area contributed by atoms with Gasteiger partial charge in [0.2, 0.25) is 29.5 Å². The molecule has 7 amide bonds. The van der Waals surface area contributed by atoms with Crippen LogP contribution in [-0.4, -0.2) is 223 Å². The van der Waals surface area contributed by atoms with Crippen LogP contribution in [-0.2, 0) is 78.0 Å². The summed E-state index contributed by atoms with van der Waals surface area (Å²) in [7, 11) is 0. The Morgan fingerprint density at radius 2 is 1.22 bits per heavy atom. The number of thioether (sulfide) groups is 1. The molecule has 0 spiro atoms. The Hall–Kier alpha value is -6.27. The van der Waals surface area contributed by atoms with E-state index in [0.717, 1.165) is 28.7 Å². The minimum Gasteiger partial charge on any atom is -0.379 e. The molecule has 2 heterocycles. The highest BCUT2D eigenvalue weighted by atomic mass is 32.2. The number of hydrogen-bond acceptors (Lipinski definition) is 18. The molecule has 0 aliphatic carbocycles. The zero-order valence-corrected chi connectivity index (χ0v) is 53.2. The van der Waals surface area contributed by atoms with E-state index in [-0.39, 0.29) is 79.8 Å². The van der Waals surface area contributed by atoms with Crippen LogP contribution >= 0.6 is 11.8 Å². The topological polar surface area (TPSA) is 292 Å². The first-order chi connectivity index (χ1) is 42.8. The second kappa shape index (κ2) is 42.7. The molecule has 6 N–H and O–H groups in total. The lowest BCUT2D eigenvalue weighted by atomic mass is 9.84. The lowest BCUT2D eigenvalue weighted by Gasteiger charge is -2.40. The Morgan fingerprint density at radius 3 is 1.76 bits per heavy atom. The molecule has 0 saturated carbocycles. The molecule has 27 heteroatoms. The predicted octanol–water partition coefficient (Wildman–Crippen LogP) is 3.59. The van der Waals surface area contributed by atoms with E-state index in [9.17, 15) is 38.0 Å². The maximum atomic E-state index is 15.2. The fourth-order valence-corrected chi connectivity index (χ4v) is 9.58. The molecule has 24 nitrogen and oxygen atoms in total. The molecule has 89 heavy (non-hydrogen) atoms. The summed E-state index contributed by atoms with van der Waals surface area (Å²) < 4.78 is 75.5. The third-order valence-corrected chi connectivity index (χ3v) is 14.3. The molecule has 0 fully saturated rings. The Morgan fingerprint density at radius 1 is 0.674 bits per heavy atom. The van der Waals surface area contributed by atoms with Gasteiger partial charge in [-0.15, -0.1) is 0 Å². The number of nitrogens with zero attached hydrogens (tertiary/aromatic N) is 4. The van der Waals surface area contributed by atoms with Crippen molar-refractivity contribution < 1.29 is 80.2 Å². The van der Waals surface area contributed by atoms with E-state index in [1.54, 1.807) is 31.9 Å². The van der Waals surface area contributed by atoms with E-state index < -0.39 is 58.8 Å². The van der Waals surface area contributed by atoms with Gasteiger partial charge in [0.15, 0.2) is 0 Å². The van der Waals surface area contributed by atoms with E-state index in [1.165, 1.54) is 23.9 Å². The average Bonchev–Trinajstić information content (AvgIpc) is 1.89. The number of nitrogens with two attached hydrogens (primary N) is 1. The van der Waals surface area contributed by atoms with Crippen molar-refractivity contribution in [2.75, 3.05) is 150 Å². The molecule has 3 aromatic rings. The smallest absolute Gasteiger partial charge is 0.253 e. The average molecular weight is 1270 g/mol. The minimum atomic E-state index is -0.923. The van der Waals surface area contributed by atoms with Gasteiger partial charge in [-0.25, -0.2) is 13.8 Å². The van der Waals surface area contributed by atoms with Gasteiger partial charge >= 0.3 is 0 Å². The zero-order valence-electron chi connectivity index (χ0n) is 52.4. The largest absolute Gasteiger partial charge is 0.379 e. The molecule has 0 bridgehead atoms. The Labute approximate surface area is 525 Å². The number of amides is 7. The summed E-state index contributed by atoms with van der Waals surface area (Å²) in [5.74, 6) is -3.18. The quantitative estimate of drug-likeness (QED) is 0.0399. The number of aromatic nitrogens is 2. The first kappa shape index (κ1) is 75.2. The second-order valence-corrected chi connectivity index (χ2v) is 23.1. The third kappa shape index (κ3) is 29.5. The SMILES string of the molecule is CC(C)C(NC(=O)CCOCCOCCOCCOCCOCCOCCOCCOCCNC(=O)CCN1C(=O)C=CC1=O)C(=O)N[C@@H](C)C(=O)NCCSCC(=O)N(CCCN)[C@@H](c1nc(-c2cc(F)ccc2F)cn1Cc1ccccc1)C(C)(C)C. The molecule has 1 aromatic heterocycles. The summed E-state index contributed by atoms with van der Waals surface area (Å²) in [5.41, 5.74) is 6.60. The van der Waals surface area contributed by atoms with Crippen molar-refractivity contribution in [3.63, 3.8) is 0 Å². The Kier molecular flexibility index (Phi) is 36.0. The number of nitrogens with one attached hydrogen (secondary N) is 4. The van der Waals surface area contributed by atoms with E-state index in [4.69, 9.17) is 48.6 Å². The van der Waals surface area contributed by atoms with Crippen LogP contribution in [0.15, 0.2) is 66.9 Å². The predicted molar refractivity (Wildman–Crippen MR) is 330 cm³/mol. The van der Waals surface area contributed by atoms with E-state index in [0.29, 0.717) is 137 Å². The summed E-state index contributed by atoms with van der Waals surface area (Å²) in [6, 6.07) is 10.5. The normalized spacial score (nSPS) is 13.4. The molecule has 1 aliphatic heterocycles. The van der Waals surface area contributed by atoms with Crippen LogP contribution in [0.3, 0.4) is 0 Å². The number of rotatable bonds is 48. The van der Waals surface area contributed by atoms with Gasteiger partial charge in [-0.3, -0.25) is 38.5 Å². The lowest BCUT2D eigenvalue weighted by molar-refractivity contribution is -0.137. The Balaban J connectivity index is 0.993. The number of imide groups is 1. The second-order valence-electron chi connectivity index (χ2n) is 22.0. The highest BCUT2D eigenvalue weighted by molar-refractivity contribution is 7.99. The van der Waals surface area contributed by atoms with Gasteiger partial charge in [0, 0.05) is 75.2 Å². The van der Waals surface area contributed by atoms with Crippen molar-refractivity contribution in [2.45, 2.75) is 85.5 Å². The molecule has 1 unspecified atom stereocenters. The molecule has 3 atom stereocenters. The zero-order chi connectivity index (χ0) is 64.8. The molecule has 2 aromatic carbocycles. The number of imidazole rings is 1. The van der Waals surface area contributed by atoms with Crippen molar-refractivity contribution in [3.8, 4) is 11.3 Å². The van der Waals surface area contributed by atoms with Gasteiger partial charge < -0.3 is 74.4 Å². The number of hydrogen-bond donors (Lipinski definition) is 5. The van der Waals surface area contributed by atoms with Gasteiger partial charge in [0.1, 0.15) is 29.5 Å². The summed E-state index contributed by atoms with van der Waals surface area (Å²) in [5, 5.41) is 10.9. The van der Waals surface area contributed by atoms with E-state index in [1.807, 2.05) is 55.7 Å². The lowest BCUT2D eigenvalue weighted by Crippen LogP contribution is -2.54. The summed E-state index contributed by atoms with van der Waals surface area (Å²) in [4.78, 5) is 96.1. The molecule has 0 radical (unpaired) electrons. The first-order valence-electron chi connectivity index (χ1n) is 30.2. The van der Waals surface area contributed by atoms with Crippen molar-refractivity contribution >= 4 is 53.1 Å². The fourth-order valence-electron chi connectivity index (χ4n) is 8.85. The standard InChI is InChI=1S/C62H93F2N9O15S/c1-45(2)57(70-53(75)18-24-81-26-28-83-30-32-85-34-36-87-38-39-88-37-35-86-33-31-84-29-27-82-25-20-66-52(74)17-23-72-54(76)15-16-55(72)77)61(80)68-46(3)60(79)67-21-40-89-44-56(78)73(22-10-19-65)58(62(4,5)6)59-69-51(49-41-48(63)13-14-50(49)64)43-71(59)42-47-11-8-7-9-12-47/h7-9,11-16,41,43,45-46,57-58H,10,17-40,42,44,65H2,1-6H3,(H,66,74)(H,67,79)(H,68,80)(H,70,75)/t46-,57?,58-/m0/s1.